The number of nitriles is 1. The largest absolute Gasteiger partial charge is 0.354 e. The Balaban J connectivity index is 2.64. The minimum absolute atomic E-state index is 0.132. The number of hydrogen-bond donors (Lipinski definition) is 1. The highest BCUT2D eigenvalue weighted by atomic mass is 35.5. The molecular formula is C13H14ClFN2O. The van der Waals surface area contributed by atoms with Gasteiger partial charge in [0, 0.05) is 17.1 Å². The van der Waals surface area contributed by atoms with Gasteiger partial charge in [-0.1, -0.05) is 17.7 Å². The van der Waals surface area contributed by atoms with Crippen molar-refractivity contribution in [2.45, 2.75) is 20.3 Å². The van der Waals surface area contributed by atoms with E-state index in [9.17, 15) is 9.18 Å². The first kappa shape index (κ1) is 14.5. The van der Waals surface area contributed by atoms with Gasteiger partial charge in [0.25, 0.3) is 0 Å². The van der Waals surface area contributed by atoms with Crippen molar-refractivity contribution in [3.05, 3.63) is 34.6 Å². The number of carbonyl (C=O) groups excluding carboxylic acids is 1. The number of halogens is 2. The van der Waals surface area contributed by atoms with Gasteiger partial charge in [0.1, 0.15) is 5.82 Å². The summed E-state index contributed by atoms with van der Waals surface area (Å²) in [5.74, 6) is -0.859. The number of nitrogens with zero attached hydrogens (tertiary/aromatic N) is 1. The lowest BCUT2D eigenvalue weighted by atomic mass is 9.96. The normalized spacial score (nSPS) is 10.8. The second-order valence-electron chi connectivity index (χ2n) is 4.65. The molecule has 0 saturated heterocycles. The van der Waals surface area contributed by atoms with E-state index in [1.165, 1.54) is 18.2 Å². The van der Waals surface area contributed by atoms with Gasteiger partial charge < -0.3 is 5.32 Å². The molecule has 5 heteroatoms. The van der Waals surface area contributed by atoms with Gasteiger partial charge in [0.15, 0.2) is 0 Å². The first-order valence-electron chi connectivity index (χ1n) is 5.46. The van der Waals surface area contributed by atoms with Gasteiger partial charge in [0.2, 0.25) is 5.91 Å². The summed E-state index contributed by atoms with van der Waals surface area (Å²) in [6.07, 6.45) is -0.132. The summed E-state index contributed by atoms with van der Waals surface area (Å²) >= 11 is 5.82. The molecule has 0 saturated carbocycles. The van der Waals surface area contributed by atoms with Gasteiger partial charge in [-0.25, -0.2) is 4.39 Å². The van der Waals surface area contributed by atoms with Crippen LogP contribution in [0.15, 0.2) is 18.2 Å². The molecule has 0 bridgehead atoms. The standard InChI is InChI=1S/C13H14ClFN2O/c1-13(2,7-16)8-17-12(18)6-9-10(14)4-3-5-11(9)15/h3-5H,6,8H2,1-2H3,(H,17,18). The second kappa shape index (κ2) is 5.83. The number of nitrogens with one attached hydrogen (secondary N) is 1. The smallest absolute Gasteiger partial charge is 0.224 e. The SMILES string of the molecule is CC(C)(C#N)CNC(=O)Cc1c(F)cccc1Cl. The van der Waals surface area contributed by atoms with Crippen LogP contribution in [0.25, 0.3) is 0 Å². The number of benzene rings is 1. The van der Waals surface area contributed by atoms with E-state index in [4.69, 9.17) is 16.9 Å². The molecule has 1 amide bonds. The van der Waals surface area contributed by atoms with Gasteiger partial charge in [0.05, 0.1) is 17.9 Å². The molecule has 0 aliphatic carbocycles. The van der Waals surface area contributed by atoms with Gasteiger partial charge in [-0.2, -0.15) is 5.26 Å². The van der Waals surface area contributed by atoms with E-state index in [-0.39, 0.29) is 29.5 Å². The Kier molecular flexibility index (Phi) is 4.69. The van der Waals surface area contributed by atoms with E-state index < -0.39 is 11.2 Å². The van der Waals surface area contributed by atoms with Crippen molar-refractivity contribution in [2.75, 3.05) is 6.54 Å². The maximum atomic E-state index is 13.4. The zero-order valence-corrected chi connectivity index (χ0v) is 11.0. The molecular weight excluding hydrogens is 255 g/mol. The highest BCUT2D eigenvalue weighted by Gasteiger charge is 2.18. The lowest BCUT2D eigenvalue weighted by Gasteiger charge is -2.16. The van der Waals surface area contributed by atoms with Crippen LogP contribution < -0.4 is 5.32 Å². The van der Waals surface area contributed by atoms with Gasteiger partial charge in [-0.05, 0) is 26.0 Å². The minimum Gasteiger partial charge on any atom is -0.354 e. The number of amides is 1. The summed E-state index contributed by atoms with van der Waals surface area (Å²) in [5, 5.41) is 11.6. The lowest BCUT2D eigenvalue weighted by molar-refractivity contribution is -0.120. The van der Waals surface area contributed by atoms with Crippen LogP contribution in [-0.4, -0.2) is 12.5 Å². The molecule has 0 atom stereocenters. The molecule has 0 aromatic heterocycles. The maximum Gasteiger partial charge on any atom is 0.224 e. The van der Waals surface area contributed by atoms with Crippen LogP contribution in [-0.2, 0) is 11.2 Å². The third-order valence-electron chi connectivity index (χ3n) is 2.43. The van der Waals surface area contributed by atoms with Gasteiger partial charge in [-0.3, -0.25) is 4.79 Å². The maximum absolute atomic E-state index is 13.4. The summed E-state index contributed by atoms with van der Waals surface area (Å²) in [4.78, 5) is 11.6. The van der Waals surface area contributed by atoms with Crippen molar-refractivity contribution in [3.63, 3.8) is 0 Å². The summed E-state index contributed by atoms with van der Waals surface area (Å²) in [6, 6.07) is 6.34. The van der Waals surface area contributed by atoms with E-state index >= 15 is 0 Å². The van der Waals surface area contributed by atoms with E-state index in [2.05, 4.69) is 11.4 Å². The quantitative estimate of drug-likeness (QED) is 0.913. The van der Waals surface area contributed by atoms with E-state index in [1.54, 1.807) is 13.8 Å². The van der Waals surface area contributed by atoms with Crippen LogP contribution in [0.1, 0.15) is 19.4 Å². The summed E-state index contributed by atoms with van der Waals surface area (Å²) in [6.45, 7) is 3.64. The molecule has 3 nitrogen and oxygen atoms in total. The van der Waals surface area contributed by atoms with Crippen molar-refractivity contribution in [1.29, 1.82) is 5.26 Å². The van der Waals surface area contributed by atoms with E-state index in [0.717, 1.165) is 0 Å². The predicted octanol–water partition coefficient (Wildman–Crippen LogP) is 2.69. The molecule has 1 rings (SSSR count). The molecule has 1 aromatic rings. The number of hydrogen-bond acceptors (Lipinski definition) is 2. The van der Waals surface area contributed by atoms with Crippen LogP contribution in [0.3, 0.4) is 0 Å². The molecule has 0 unspecified atom stereocenters. The predicted molar refractivity (Wildman–Crippen MR) is 67.5 cm³/mol. The van der Waals surface area contributed by atoms with Crippen molar-refractivity contribution >= 4 is 17.5 Å². The Labute approximate surface area is 111 Å². The highest BCUT2D eigenvalue weighted by molar-refractivity contribution is 6.31. The first-order valence-corrected chi connectivity index (χ1v) is 5.84. The van der Waals surface area contributed by atoms with Crippen molar-refractivity contribution in [3.8, 4) is 6.07 Å². The zero-order valence-electron chi connectivity index (χ0n) is 10.3. The van der Waals surface area contributed by atoms with Crippen molar-refractivity contribution in [2.24, 2.45) is 5.41 Å². The molecule has 0 radical (unpaired) electrons. The monoisotopic (exact) mass is 268 g/mol. The van der Waals surface area contributed by atoms with Crippen LogP contribution in [0.5, 0.6) is 0 Å². The molecule has 18 heavy (non-hydrogen) atoms. The van der Waals surface area contributed by atoms with Crippen LogP contribution >= 0.6 is 11.6 Å². The highest BCUT2D eigenvalue weighted by Crippen LogP contribution is 2.19. The first-order chi connectivity index (χ1) is 8.35. The lowest BCUT2D eigenvalue weighted by Crippen LogP contribution is -2.34. The second-order valence-corrected chi connectivity index (χ2v) is 5.06. The summed E-state index contributed by atoms with van der Waals surface area (Å²) in [7, 11) is 0. The summed E-state index contributed by atoms with van der Waals surface area (Å²) < 4.78 is 13.4. The molecule has 0 fully saturated rings. The Morgan fingerprint density at radius 3 is 2.78 bits per heavy atom. The molecule has 1 N–H and O–H groups in total. The number of carbonyl (C=O) groups is 1. The third kappa shape index (κ3) is 4.01. The third-order valence-corrected chi connectivity index (χ3v) is 2.78. The fourth-order valence-electron chi connectivity index (χ4n) is 1.28. The van der Waals surface area contributed by atoms with Gasteiger partial charge in [-0.15, -0.1) is 0 Å². The molecule has 0 aliphatic heterocycles. The molecule has 1 aromatic carbocycles. The molecule has 0 spiro atoms. The molecule has 0 heterocycles. The van der Waals surface area contributed by atoms with E-state index in [0.29, 0.717) is 0 Å². The average Bonchev–Trinajstić information content (AvgIpc) is 2.32. The fourth-order valence-corrected chi connectivity index (χ4v) is 1.51. The van der Waals surface area contributed by atoms with Crippen molar-refractivity contribution < 1.29 is 9.18 Å². The fraction of sp³-hybridized carbons (Fsp3) is 0.385. The van der Waals surface area contributed by atoms with Crippen molar-refractivity contribution in [1.82, 2.24) is 5.32 Å². The zero-order chi connectivity index (χ0) is 13.8. The Morgan fingerprint density at radius 2 is 2.22 bits per heavy atom. The molecule has 0 aliphatic rings. The van der Waals surface area contributed by atoms with Crippen LogP contribution in [0, 0.1) is 22.6 Å². The van der Waals surface area contributed by atoms with E-state index in [1.807, 2.05) is 0 Å². The Bertz CT molecular complexity index is 474. The minimum atomic E-state index is -0.644. The van der Waals surface area contributed by atoms with Crippen LogP contribution in [0.4, 0.5) is 4.39 Å². The summed E-state index contributed by atoms with van der Waals surface area (Å²) in [5.41, 5.74) is -0.472. The molecule has 96 valence electrons. The van der Waals surface area contributed by atoms with Gasteiger partial charge >= 0.3 is 0 Å². The Morgan fingerprint density at radius 1 is 1.56 bits per heavy atom. The van der Waals surface area contributed by atoms with Crippen LogP contribution in [0.2, 0.25) is 5.02 Å². The number of rotatable bonds is 4. The topological polar surface area (TPSA) is 52.9 Å². The average molecular weight is 269 g/mol. The Hall–Kier alpha value is -1.60.